The van der Waals surface area contributed by atoms with Crippen molar-refractivity contribution in [1.82, 2.24) is 0 Å². The molecular formula is C18H26O2. The van der Waals surface area contributed by atoms with E-state index in [9.17, 15) is 4.79 Å². The van der Waals surface area contributed by atoms with Gasteiger partial charge in [0.1, 0.15) is 6.10 Å². The summed E-state index contributed by atoms with van der Waals surface area (Å²) in [6.07, 6.45) is 15.1. The quantitative estimate of drug-likeness (QED) is 0.615. The van der Waals surface area contributed by atoms with Crippen LogP contribution in [0.4, 0.5) is 0 Å². The molecule has 0 aromatic heterocycles. The van der Waals surface area contributed by atoms with Gasteiger partial charge in [0, 0.05) is 11.8 Å². The van der Waals surface area contributed by atoms with E-state index in [1.165, 1.54) is 63.4 Å². The van der Waals surface area contributed by atoms with Crippen LogP contribution in [0.3, 0.4) is 0 Å². The standard InChI is InChI=1S/C18H26O2/c19-15-9-10-16-18(11-4-2-1-3-5-12-18)14-8-6-7-13(14)17(15)20-16/h16-17H,1-12H2/t16-,17-/m1/s1. The number of fused-ring (bicyclic) bond motifs is 5. The number of carbonyl (C=O) groups excluding carboxylic acids is 1. The lowest BCUT2D eigenvalue weighted by molar-refractivity contribution is -0.153. The normalized spacial score (nSPS) is 36.7. The van der Waals surface area contributed by atoms with Crippen LogP contribution >= 0.6 is 0 Å². The van der Waals surface area contributed by atoms with Crippen LogP contribution in [0.5, 0.6) is 0 Å². The zero-order chi connectivity index (χ0) is 13.6. The van der Waals surface area contributed by atoms with Crippen molar-refractivity contribution >= 4 is 5.78 Å². The Hall–Kier alpha value is -0.630. The van der Waals surface area contributed by atoms with Crippen LogP contribution in [-0.2, 0) is 9.53 Å². The number of carbonyl (C=O) groups is 1. The minimum atomic E-state index is -0.137. The molecule has 20 heavy (non-hydrogen) atoms. The highest BCUT2D eigenvalue weighted by Crippen LogP contribution is 2.56. The van der Waals surface area contributed by atoms with E-state index in [1.807, 2.05) is 0 Å². The second-order valence-electron chi connectivity index (χ2n) is 7.29. The summed E-state index contributed by atoms with van der Waals surface area (Å²) in [7, 11) is 0. The van der Waals surface area contributed by atoms with Crippen LogP contribution in [0.15, 0.2) is 11.1 Å². The Balaban J connectivity index is 1.76. The average molecular weight is 274 g/mol. The van der Waals surface area contributed by atoms with Gasteiger partial charge < -0.3 is 4.74 Å². The van der Waals surface area contributed by atoms with Crippen LogP contribution in [0.25, 0.3) is 0 Å². The Kier molecular flexibility index (Phi) is 3.25. The third-order valence-corrected chi connectivity index (χ3v) is 6.29. The van der Waals surface area contributed by atoms with Gasteiger partial charge in [0.2, 0.25) is 0 Å². The lowest BCUT2D eigenvalue weighted by Crippen LogP contribution is -2.51. The van der Waals surface area contributed by atoms with E-state index in [1.54, 1.807) is 5.57 Å². The monoisotopic (exact) mass is 274 g/mol. The molecule has 0 amide bonds. The molecule has 1 spiro atoms. The molecule has 2 aliphatic carbocycles. The molecule has 1 saturated heterocycles. The van der Waals surface area contributed by atoms with Gasteiger partial charge in [0.05, 0.1) is 6.10 Å². The maximum Gasteiger partial charge on any atom is 0.165 e. The summed E-state index contributed by atoms with van der Waals surface area (Å²) in [5.41, 5.74) is 3.43. The highest BCUT2D eigenvalue weighted by Gasteiger charge is 2.52. The van der Waals surface area contributed by atoms with E-state index < -0.39 is 0 Å². The van der Waals surface area contributed by atoms with E-state index >= 15 is 0 Å². The van der Waals surface area contributed by atoms with Crippen molar-refractivity contribution in [2.45, 2.75) is 89.3 Å². The van der Waals surface area contributed by atoms with Gasteiger partial charge in [0.25, 0.3) is 0 Å². The Morgan fingerprint density at radius 3 is 2.45 bits per heavy atom. The Morgan fingerprint density at radius 2 is 1.65 bits per heavy atom. The molecule has 110 valence electrons. The van der Waals surface area contributed by atoms with Gasteiger partial charge in [-0.1, -0.05) is 37.7 Å². The molecule has 4 rings (SSSR count). The fraction of sp³-hybridized carbons (Fsp3) is 0.833. The first-order valence-electron chi connectivity index (χ1n) is 8.72. The van der Waals surface area contributed by atoms with Crippen molar-refractivity contribution < 1.29 is 9.53 Å². The Bertz CT molecular complexity index is 440. The summed E-state index contributed by atoms with van der Waals surface area (Å²) >= 11 is 0. The fourth-order valence-corrected chi connectivity index (χ4v) is 5.38. The number of ether oxygens (including phenoxy) is 1. The molecule has 2 heteroatoms. The smallest absolute Gasteiger partial charge is 0.165 e. The molecule has 2 nitrogen and oxygen atoms in total. The first-order chi connectivity index (χ1) is 9.81. The van der Waals surface area contributed by atoms with E-state index in [0.717, 1.165) is 19.3 Å². The second kappa shape index (κ2) is 4.98. The van der Waals surface area contributed by atoms with Crippen molar-refractivity contribution in [3.8, 4) is 0 Å². The topological polar surface area (TPSA) is 26.3 Å². The second-order valence-corrected chi connectivity index (χ2v) is 7.29. The van der Waals surface area contributed by atoms with Crippen LogP contribution in [0, 0.1) is 5.41 Å². The lowest BCUT2D eigenvalue weighted by Gasteiger charge is -2.51. The van der Waals surface area contributed by atoms with Gasteiger partial charge in [-0.25, -0.2) is 0 Å². The summed E-state index contributed by atoms with van der Waals surface area (Å²) in [4.78, 5) is 12.2. The molecule has 0 unspecified atom stereocenters. The van der Waals surface area contributed by atoms with Crippen LogP contribution in [0.2, 0.25) is 0 Å². The zero-order valence-corrected chi connectivity index (χ0v) is 12.5. The number of rotatable bonds is 0. The highest BCUT2D eigenvalue weighted by atomic mass is 16.5. The molecule has 2 bridgehead atoms. The minimum Gasteiger partial charge on any atom is -0.362 e. The van der Waals surface area contributed by atoms with Crippen molar-refractivity contribution in [2.24, 2.45) is 5.41 Å². The number of Topliss-reactive ketones (excluding diaryl/α,β-unsaturated/α-hetero) is 1. The zero-order valence-electron chi connectivity index (χ0n) is 12.5. The molecular weight excluding hydrogens is 248 g/mol. The van der Waals surface area contributed by atoms with Crippen molar-refractivity contribution in [3.63, 3.8) is 0 Å². The highest BCUT2D eigenvalue weighted by molar-refractivity contribution is 5.87. The number of ketones is 1. The van der Waals surface area contributed by atoms with Gasteiger partial charge >= 0.3 is 0 Å². The first kappa shape index (κ1) is 13.1. The maximum atomic E-state index is 12.2. The molecule has 4 aliphatic rings. The van der Waals surface area contributed by atoms with Crippen LogP contribution in [0.1, 0.15) is 77.0 Å². The minimum absolute atomic E-state index is 0.137. The SMILES string of the molecule is O=C1CC[C@H]2O[C@@H]1C1=C(CCC1)C21CCCCCCC1. The third kappa shape index (κ3) is 1.83. The predicted molar refractivity (Wildman–Crippen MR) is 78.5 cm³/mol. The average Bonchev–Trinajstić information content (AvgIpc) is 2.90. The first-order valence-corrected chi connectivity index (χ1v) is 8.72. The van der Waals surface area contributed by atoms with Gasteiger partial charge in [-0.05, 0) is 44.1 Å². The molecule has 0 radical (unpaired) electrons. The molecule has 0 aromatic rings. The fourth-order valence-electron chi connectivity index (χ4n) is 5.38. The summed E-state index contributed by atoms with van der Waals surface area (Å²) < 4.78 is 6.33. The predicted octanol–water partition coefficient (Wildman–Crippen LogP) is 4.33. The van der Waals surface area contributed by atoms with Crippen molar-refractivity contribution in [1.29, 1.82) is 0 Å². The molecule has 2 heterocycles. The molecule has 2 fully saturated rings. The van der Waals surface area contributed by atoms with Crippen LogP contribution < -0.4 is 0 Å². The van der Waals surface area contributed by atoms with E-state index in [2.05, 4.69) is 0 Å². The van der Waals surface area contributed by atoms with E-state index in [0.29, 0.717) is 17.3 Å². The number of hydrogen-bond acceptors (Lipinski definition) is 2. The Morgan fingerprint density at radius 1 is 0.900 bits per heavy atom. The molecule has 2 atom stereocenters. The van der Waals surface area contributed by atoms with Gasteiger partial charge in [-0.3, -0.25) is 4.79 Å². The van der Waals surface area contributed by atoms with Gasteiger partial charge in [-0.15, -0.1) is 0 Å². The largest absolute Gasteiger partial charge is 0.362 e. The van der Waals surface area contributed by atoms with Gasteiger partial charge in [0.15, 0.2) is 5.78 Å². The van der Waals surface area contributed by atoms with E-state index in [4.69, 9.17) is 4.74 Å². The van der Waals surface area contributed by atoms with Crippen molar-refractivity contribution in [2.75, 3.05) is 0 Å². The molecule has 2 aliphatic heterocycles. The molecule has 1 saturated carbocycles. The number of hydrogen-bond donors (Lipinski definition) is 0. The third-order valence-electron chi connectivity index (χ3n) is 6.29. The summed E-state index contributed by atoms with van der Waals surface area (Å²) in [6.45, 7) is 0. The summed E-state index contributed by atoms with van der Waals surface area (Å²) in [5.74, 6) is 0.358. The lowest BCUT2D eigenvalue weighted by atomic mass is 9.62. The maximum absolute atomic E-state index is 12.2. The molecule has 0 N–H and O–H groups in total. The van der Waals surface area contributed by atoms with E-state index in [-0.39, 0.29) is 6.10 Å². The van der Waals surface area contributed by atoms with Crippen LogP contribution in [-0.4, -0.2) is 18.0 Å². The molecule has 0 aromatic carbocycles. The van der Waals surface area contributed by atoms with Crippen molar-refractivity contribution in [3.05, 3.63) is 11.1 Å². The summed E-state index contributed by atoms with van der Waals surface area (Å²) in [6, 6.07) is 0. The summed E-state index contributed by atoms with van der Waals surface area (Å²) in [5, 5.41) is 0. The van der Waals surface area contributed by atoms with Gasteiger partial charge in [-0.2, -0.15) is 0 Å². The Labute approximate surface area is 122 Å².